The number of nitrogens with one attached hydrogen (secondary N) is 2. The molecule has 0 unspecified atom stereocenters. The number of amides is 1. The summed E-state index contributed by atoms with van der Waals surface area (Å²) in [5.74, 6) is -0.471. The highest BCUT2D eigenvalue weighted by molar-refractivity contribution is 5.90. The summed E-state index contributed by atoms with van der Waals surface area (Å²) in [5, 5.41) is 9.34. The number of hydrogen-bond donors (Lipinski definition) is 2. The van der Waals surface area contributed by atoms with Gasteiger partial charge in [0.1, 0.15) is 5.82 Å². The Morgan fingerprint density at radius 2 is 1.81 bits per heavy atom. The Hall–Kier alpha value is -1.60. The molecule has 0 saturated heterocycles. The van der Waals surface area contributed by atoms with Crippen LogP contribution in [0.5, 0.6) is 0 Å². The Kier molecular flexibility index (Phi) is 3.62. The minimum Gasteiger partial charge on any atom is -0.347 e. The molecule has 1 aromatic heterocycles. The molecule has 1 amide bonds. The zero-order valence-electron chi connectivity index (χ0n) is 11.4. The summed E-state index contributed by atoms with van der Waals surface area (Å²) in [6.07, 6.45) is -1.20. The second-order valence-corrected chi connectivity index (χ2v) is 5.88. The average molecular weight is 302 g/mol. The molecule has 3 rings (SSSR count). The zero-order valence-corrected chi connectivity index (χ0v) is 11.4. The number of alkyl halides is 3. The van der Waals surface area contributed by atoms with Gasteiger partial charge in [0.15, 0.2) is 0 Å². The minimum absolute atomic E-state index is 0.0652. The standard InChI is InChI=1S/C13H17F3N4O/c14-13(15,16)8-3-5-9(6-4-8)17-12(21)11-18-10(19-20-11)7-1-2-7/h7-9H,1-6H2,(H,17,21)(H,18,19,20). The highest BCUT2D eigenvalue weighted by atomic mass is 19.4. The van der Waals surface area contributed by atoms with Crippen LogP contribution < -0.4 is 5.32 Å². The zero-order chi connectivity index (χ0) is 15.0. The first-order valence-electron chi connectivity index (χ1n) is 7.23. The van der Waals surface area contributed by atoms with Crippen molar-refractivity contribution < 1.29 is 18.0 Å². The van der Waals surface area contributed by atoms with Crippen molar-refractivity contribution in [3.63, 3.8) is 0 Å². The number of hydrogen-bond acceptors (Lipinski definition) is 3. The van der Waals surface area contributed by atoms with Crippen molar-refractivity contribution >= 4 is 5.91 Å². The van der Waals surface area contributed by atoms with Crippen molar-refractivity contribution in [2.24, 2.45) is 5.92 Å². The second-order valence-electron chi connectivity index (χ2n) is 5.88. The van der Waals surface area contributed by atoms with Gasteiger partial charge < -0.3 is 5.32 Å². The molecule has 0 radical (unpaired) electrons. The summed E-state index contributed by atoms with van der Waals surface area (Å²) in [6, 6.07) is -0.223. The van der Waals surface area contributed by atoms with Crippen molar-refractivity contribution in [3.05, 3.63) is 11.6 Å². The first kappa shape index (κ1) is 14.3. The summed E-state index contributed by atoms with van der Waals surface area (Å²) < 4.78 is 37.7. The van der Waals surface area contributed by atoms with E-state index in [0.717, 1.165) is 18.7 Å². The number of rotatable bonds is 3. The lowest BCUT2D eigenvalue weighted by Gasteiger charge is -2.29. The van der Waals surface area contributed by atoms with Crippen LogP contribution in [0.4, 0.5) is 13.2 Å². The van der Waals surface area contributed by atoms with E-state index < -0.39 is 18.0 Å². The fourth-order valence-electron chi connectivity index (χ4n) is 2.73. The molecule has 0 atom stereocenters. The van der Waals surface area contributed by atoms with Gasteiger partial charge in [-0.15, -0.1) is 5.10 Å². The molecule has 1 heterocycles. The van der Waals surface area contributed by atoms with Crippen LogP contribution in [0.25, 0.3) is 0 Å². The maximum atomic E-state index is 12.6. The minimum atomic E-state index is -4.13. The molecule has 21 heavy (non-hydrogen) atoms. The van der Waals surface area contributed by atoms with Gasteiger partial charge in [-0.2, -0.15) is 13.2 Å². The quantitative estimate of drug-likeness (QED) is 0.901. The SMILES string of the molecule is O=C(NC1CCC(C(F)(F)F)CC1)c1n[nH]c(C2CC2)n1. The van der Waals surface area contributed by atoms with Gasteiger partial charge in [0.2, 0.25) is 5.82 Å². The van der Waals surface area contributed by atoms with E-state index in [1.54, 1.807) is 0 Å². The van der Waals surface area contributed by atoms with Gasteiger partial charge in [-0.3, -0.25) is 9.89 Å². The van der Waals surface area contributed by atoms with E-state index in [9.17, 15) is 18.0 Å². The van der Waals surface area contributed by atoms with Crippen LogP contribution in [0.15, 0.2) is 0 Å². The van der Waals surface area contributed by atoms with E-state index in [4.69, 9.17) is 0 Å². The van der Waals surface area contributed by atoms with Gasteiger partial charge in [0, 0.05) is 12.0 Å². The monoisotopic (exact) mass is 302 g/mol. The summed E-state index contributed by atoms with van der Waals surface area (Å²) in [6.45, 7) is 0. The van der Waals surface area contributed by atoms with E-state index in [0.29, 0.717) is 18.8 Å². The molecule has 1 aromatic rings. The fraction of sp³-hybridized carbons (Fsp3) is 0.769. The Labute approximate surface area is 119 Å². The maximum absolute atomic E-state index is 12.6. The lowest BCUT2D eigenvalue weighted by molar-refractivity contribution is -0.182. The number of carbonyl (C=O) groups excluding carboxylic acids is 1. The molecule has 2 saturated carbocycles. The summed E-state index contributed by atoms with van der Waals surface area (Å²) >= 11 is 0. The summed E-state index contributed by atoms with van der Waals surface area (Å²) in [4.78, 5) is 16.1. The molecular formula is C13H17F3N4O. The summed E-state index contributed by atoms with van der Waals surface area (Å²) in [7, 11) is 0. The third-order valence-electron chi connectivity index (χ3n) is 4.20. The van der Waals surface area contributed by atoms with Crippen LogP contribution in [-0.4, -0.2) is 33.3 Å². The lowest BCUT2D eigenvalue weighted by Crippen LogP contribution is -2.40. The number of halogens is 3. The van der Waals surface area contributed by atoms with E-state index in [1.165, 1.54) is 0 Å². The van der Waals surface area contributed by atoms with E-state index >= 15 is 0 Å². The molecule has 0 spiro atoms. The third-order valence-corrected chi connectivity index (χ3v) is 4.20. The second kappa shape index (κ2) is 5.31. The normalized spacial score (nSPS) is 26.6. The first-order chi connectivity index (χ1) is 9.93. The van der Waals surface area contributed by atoms with E-state index in [1.807, 2.05) is 0 Å². The third kappa shape index (κ3) is 3.36. The van der Waals surface area contributed by atoms with Gasteiger partial charge in [0.05, 0.1) is 5.92 Å². The number of carbonyl (C=O) groups is 1. The number of aromatic nitrogens is 3. The largest absolute Gasteiger partial charge is 0.391 e. The Morgan fingerprint density at radius 1 is 1.14 bits per heavy atom. The van der Waals surface area contributed by atoms with Gasteiger partial charge >= 0.3 is 6.18 Å². The van der Waals surface area contributed by atoms with Crippen LogP contribution in [0.3, 0.4) is 0 Å². The molecule has 2 N–H and O–H groups in total. The van der Waals surface area contributed by atoms with Crippen LogP contribution >= 0.6 is 0 Å². The fourth-order valence-corrected chi connectivity index (χ4v) is 2.73. The molecular weight excluding hydrogens is 285 g/mol. The molecule has 5 nitrogen and oxygen atoms in total. The molecule has 2 fully saturated rings. The molecule has 2 aliphatic rings. The van der Waals surface area contributed by atoms with Crippen LogP contribution in [0.1, 0.15) is 60.9 Å². The molecule has 0 bridgehead atoms. The highest BCUT2D eigenvalue weighted by Crippen LogP contribution is 2.38. The maximum Gasteiger partial charge on any atom is 0.391 e. The van der Waals surface area contributed by atoms with Crippen molar-refractivity contribution in [3.8, 4) is 0 Å². The van der Waals surface area contributed by atoms with E-state index in [-0.39, 0.29) is 24.7 Å². The van der Waals surface area contributed by atoms with Crippen molar-refractivity contribution in [1.82, 2.24) is 20.5 Å². The molecule has 2 aliphatic carbocycles. The van der Waals surface area contributed by atoms with Crippen LogP contribution in [0, 0.1) is 5.92 Å². The Morgan fingerprint density at radius 3 is 2.38 bits per heavy atom. The topological polar surface area (TPSA) is 70.7 Å². The predicted octanol–water partition coefficient (Wildman–Crippen LogP) is 2.53. The lowest BCUT2D eigenvalue weighted by atomic mass is 9.85. The Bertz CT molecular complexity index is 516. The number of H-pyrrole nitrogens is 1. The molecule has 0 aromatic carbocycles. The van der Waals surface area contributed by atoms with Gasteiger partial charge in [0.25, 0.3) is 5.91 Å². The number of aromatic amines is 1. The van der Waals surface area contributed by atoms with E-state index in [2.05, 4.69) is 20.5 Å². The van der Waals surface area contributed by atoms with Crippen molar-refractivity contribution in [2.75, 3.05) is 0 Å². The molecule has 116 valence electrons. The van der Waals surface area contributed by atoms with Crippen LogP contribution in [0.2, 0.25) is 0 Å². The smallest absolute Gasteiger partial charge is 0.347 e. The van der Waals surface area contributed by atoms with Crippen molar-refractivity contribution in [1.29, 1.82) is 0 Å². The van der Waals surface area contributed by atoms with Gasteiger partial charge in [-0.1, -0.05) is 0 Å². The predicted molar refractivity (Wildman–Crippen MR) is 67.6 cm³/mol. The highest BCUT2D eigenvalue weighted by Gasteiger charge is 2.41. The number of nitrogens with zero attached hydrogens (tertiary/aromatic N) is 2. The van der Waals surface area contributed by atoms with Gasteiger partial charge in [-0.25, -0.2) is 4.98 Å². The summed E-state index contributed by atoms with van der Waals surface area (Å²) in [5.41, 5.74) is 0. The molecule has 8 heteroatoms. The molecule has 0 aliphatic heterocycles. The average Bonchev–Trinajstić information content (AvgIpc) is 3.16. The van der Waals surface area contributed by atoms with Crippen LogP contribution in [-0.2, 0) is 0 Å². The van der Waals surface area contributed by atoms with Gasteiger partial charge in [-0.05, 0) is 38.5 Å². The Balaban J connectivity index is 1.51. The first-order valence-corrected chi connectivity index (χ1v) is 7.23. The van der Waals surface area contributed by atoms with Crippen molar-refractivity contribution in [2.45, 2.75) is 56.7 Å².